The molecule has 7 heteroatoms. The van der Waals surface area contributed by atoms with Crippen LogP contribution in [0.15, 0.2) is 58.7 Å². The van der Waals surface area contributed by atoms with E-state index in [1.54, 1.807) is 11.3 Å². The minimum absolute atomic E-state index is 0.472. The van der Waals surface area contributed by atoms with Crippen molar-refractivity contribution in [1.82, 2.24) is 20.2 Å². The zero-order valence-corrected chi connectivity index (χ0v) is 13.5. The van der Waals surface area contributed by atoms with Crippen molar-refractivity contribution in [3.8, 4) is 33.8 Å². The van der Waals surface area contributed by atoms with Crippen LogP contribution in [0.25, 0.3) is 22.2 Å². The summed E-state index contributed by atoms with van der Waals surface area (Å²) in [7, 11) is 0. The van der Waals surface area contributed by atoms with Crippen molar-refractivity contribution in [1.29, 1.82) is 0 Å². The van der Waals surface area contributed by atoms with E-state index in [2.05, 4.69) is 20.2 Å². The highest BCUT2D eigenvalue weighted by molar-refractivity contribution is 7.13. The highest BCUT2D eigenvalue weighted by Crippen LogP contribution is 2.27. The molecular weight excluding hydrogens is 324 g/mol. The van der Waals surface area contributed by atoms with Gasteiger partial charge in [0.25, 0.3) is 0 Å². The predicted molar refractivity (Wildman–Crippen MR) is 89.9 cm³/mol. The summed E-state index contributed by atoms with van der Waals surface area (Å²) in [6.07, 6.45) is 1.30. The Morgan fingerprint density at radius 3 is 2.67 bits per heavy atom. The van der Waals surface area contributed by atoms with Gasteiger partial charge in [0.15, 0.2) is 5.82 Å². The molecule has 1 aromatic carbocycles. The van der Waals surface area contributed by atoms with Crippen LogP contribution in [0, 0.1) is 6.92 Å². The molecule has 4 aromatic rings. The minimum Gasteiger partial charge on any atom is -0.439 e. The first-order valence-electron chi connectivity index (χ1n) is 7.22. The lowest BCUT2D eigenvalue weighted by molar-refractivity contribution is 0.461. The zero-order valence-electron chi connectivity index (χ0n) is 12.7. The molecule has 0 spiro atoms. The Morgan fingerprint density at radius 1 is 1.08 bits per heavy atom. The molecule has 24 heavy (non-hydrogen) atoms. The molecule has 0 saturated carbocycles. The Labute approximate surface area is 141 Å². The molecule has 0 radical (unpaired) electrons. The van der Waals surface area contributed by atoms with Crippen molar-refractivity contribution in [3.63, 3.8) is 0 Å². The van der Waals surface area contributed by atoms with Crippen LogP contribution in [-0.4, -0.2) is 20.2 Å². The number of aromatic nitrogens is 4. The average molecular weight is 336 g/mol. The second-order valence-electron chi connectivity index (χ2n) is 5.02. The lowest BCUT2D eigenvalue weighted by Gasteiger charge is -2.07. The molecule has 6 nitrogen and oxygen atoms in total. The molecular formula is C17H12N4O2S. The third-order valence-corrected chi connectivity index (χ3v) is 4.12. The van der Waals surface area contributed by atoms with Gasteiger partial charge >= 0.3 is 0 Å². The van der Waals surface area contributed by atoms with Gasteiger partial charge in [0.05, 0.1) is 4.88 Å². The van der Waals surface area contributed by atoms with Gasteiger partial charge in [0.1, 0.15) is 5.75 Å². The average Bonchev–Trinajstić information content (AvgIpc) is 3.29. The first-order valence-corrected chi connectivity index (χ1v) is 8.10. The van der Waals surface area contributed by atoms with Crippen molar-refractivity contribution in [2.75, 3.05) is 0 Å². The van der Waals surface area contributed by atoms with Gasteiger partial charge in [-0.3, -0.25) is 0 Å². The quantitative estimate of drug-likeness (QED) is 0.551. The van der Waals surface area contributed by atoms with Crippen LogP contribution in [0.3, 0.4) is 0 Å². The summed E-state index contributed by atoms with van der Waals surface area (Å²) in [5.41, 5.74) is 1.68. The van der Waals surface area contributed by atoms with Gasteiger partial charge in [-0.15, -0.1) is 21.5 Å². The van der Waals surface area contributed by atoms with E-state index in [1.165, 1.54) is 6.39 Å². The van der Waals surface area contributed by atoms with Crippen LogP contribution in [0.2, 0.25) is 0 Å². The largest absolute Gasteiger partial charge is 0.439 e. The minimum atomic E-state index is 0.472. The van der Waals surface area contributed by atoms with Gasteiger partial charge in [0.2, 0.25) is 18.2 Å². The lowest BCUT2D eigenvalue weighted by Crippen LogP contribution is -1.95. The maximum absolute atomic E-state index is 5.86. The predicted octanol–water partition coefficient (Wildman–Crippen LogP) is 4.36. The summed E-state index contributed by atoms with van der Waals surface area (Å²) >= 11 is 1.60. The Kier molecular flexibility index (Phi) is 3.76. The molecule has 0 saturated heterocycles. The Morgan fingerprint density at radius 2 is 1.96 bits per heavy atom. The molecule has 0 amide bonds. The van der Waals surface area contributed by atoms with Gasteiger partial charge in [-0.05, 0) is 42.6 Å². The second-order valence-corrected chi connectivity index (χ2v) is 5.97. The van der Waals surface area contributed by atoms with Crippen LogP contribution in [0.5, 0.6) is 11.6 Å². The van der Waals surface area contributed by atoms with Crippen LogP contribution in [-0.2, 0) is 0 Å². The molecule has 118 valence electrons. The normalized spacial score (nSPS) is 10.7. The zero-order chi connectivity index (χ0) is 16.4. The molecule has 3 aromatic heterocycles. The Balaban J connectivity index is 1.59. The van der Waals surface area contributed by atoms with Gasteiger partial charge in [-0.1, -0.05) is 6.07 Å². The fraction of sp³-hybridized carbons (Fsp3) is 0.0588. The number of thiophene rings is 1. The van der Waals surface area contributed by atoms with E-state index in [1.807, 2.05) is 54.8 Å². The van der Waals surface area contributed by atoms with Crippen molar-refractivity contribution in [2.45, 2.75) is 6.92 Å². The van der Waals surface area contributed by atoms with E-state index in [0.717, 1.165) is 16.1 Å². The molecule has 0 atom stereocenters. The summed E-state index contributed by atoms with van der Waals surface area (Å²) in [5.74, 6) is 2.33. The molecule has 0 unspecified atom stereocenters. The Hall–Kier alpha value is -3.06. The highest BCUT2D eigenvalue weighted by atomic mass is 32.1. The van der Waals surface area contributed by atoms with Crippen LogP contribution >= 0.6 is 11.3 Å². The summed E-state index contributed by atoms with van der Waals surface area (Å²) in [4.78, 5) is 9.95. The number of benzene rings is 1. The van der Waals surface area contributed by atoms with E-state index in [4.69, 9.17) is 9.15 Å². The second kappa shape index (κ2) is 6.21. The van der Waals surface area contributed by atoms with E-state index in [0.29, 0.717) is 23.3 Å². The molecule has 4 rings (SSSR count). The van der Waals surface area contributed by atoms with E-state index < -0.39 is 0 Å². The third kappa shape index (κ3) is 3.02. The smallest absolute Gasteiger partial charge is 0.247 e. The van der Waals surface area contributed by atoms with Crippen LogP contribution in [0.4, 0.5) is 0 Å². The SMILES string of the molecule is Cc1cc(Oc2ccc(-c3nnco3)cc2)nc(-c2cccs2)n1. The topological polar surface area (TPSA) is 73.9 Å². The number of rotatable bonds is 4. The number of hydrogen-bond acceptors (Lipinski definition) is 7. The molecule has 0 aliphatic rings. The maximum atomic E-state index is 5.86. The van der Waals surface area contributed by atoms with Gasteiger partial charge in [-0.25, -0.2) is 4.98 Å². The monoisotopic (exact) mass is 336 g/mol. The number of aryl methyl sites for hydroxylation is 1. The van der Waals surface area contributed by atoms with Crippen molar-refractivity contribution >= 4 is 11.3 Å². The lowest BCUT2D eigenvalue weighted by atomic mass is 10.2. The van der Waals surface area contributed by atoms with Crippen molar-refractivity contribution in [3.05, 3.63) is 59.9 Å². The summed E-state index contributed by atoms with van der Waals surface area (Å²) < 4.78 is 11.0. The molecule has 0 bridgehead atoms. The van der Waals surface area contributed by atoms with Gasteiger partial charge < -0.3 is 9.15 Å². The maximum Gasteiger partial charge on any atom is 0.247 e. The Bertz CT molecular complexity index is 935. The van der Waals surface area contributed by atoms with Crippen LogP contribution in [0.1, 0.15) is 5.69 Å². The fourth-order valence-electron chi connectivity index (χ4n) is 2.19. The van der Waals surface area contributed by atoms with Gasteiger partial charge in [-0.2, -0.15) is 4.98 Å². The van der Waals surface area contributed by atoms with E-state index in [-0.39, 0.29) is 0 Å². The highest BCUT2D eigenvalue weighted by Gasteiger charge is 2.08. The third-order valence-electron chi connectivity index (χ3n) is 3.26. The summed E-state index contributed by atoms with van der Waals surface area (Å²) in [6.45, 7) is 1.92. The summed E-state index contributed by atoms with van der Waals surface area (Å²) in [5, 5.41) is 9.54. The van der Waals surface area contributed by atoms with E-state index in [9.17, 15) is 0 Å². The molecule has 0 aliphatic carbocycles. The number of ether oxygens (including phenoxy) is 1. The fourth-order valence-corrected chi connectivity index (χ4v) is 2.85. The number of hydrogen-bond donors (Lipinski definition) is 0. The standard InChI is InChI=1S/C17H12N4O2S/c1-11-9-15(20-16(19-11)14-3-2-8-24-14)23-13-6-4-12(5-7-13)17-21-18-10-22-17/h2-10H,1H3. The summed E-state index contributed by atoms with van der Waals surface area (Å²) in [6, 6.07) is 13.2. The molecule has 3 heterocycles. The molecule has 0 N–H and O–H groups in total. The van der Waals surface area contributed by atoms with Gasteiger partial charge in [0, 0.05) is 17.3 Å². The van der Waals surface area contributed by atoms with E-state index >= 15 is 0 Å². The number of nitrogens with zero attached hydrogens (tertiary/aromatic N) is 4. The molecule has 0 aliphatic heterocycles. The van der Waals surface area contributed by atoms with Crippen molar-refractivity contribution < 1.29 is 9.15 Å². The molecule has 0 fully saturated rings. The first-order chi connectivity index (χ1) is 11.8. The van der Waals surface area contributed by atoms with Crippen LogP contribution < -0.4 is 4.74 Å². The first kappa shape index (κ1) is 14.5. The van der Waals surface area contributed by atoms with Crippen molar-refractivity contribution in [2.24, 2.45) is 0 Å².